The van der Waals surface area contributed by atoms with Crippen molar-refractivity contribution in [2.45, 2.75) is 31.7 Å². The molecule has 1 heterocycles. The molecule has 2 unspecified atom stereocenters. The van der Waals surface area contributed by atoms with Gasteiger partial charge in [0.15, 0.2) is 0 Å². The van der Waals surface area contributed by atoms with E-state index >= 15 is 0 Å². The number of nitrogens with zero attached hydrogens (tertiary/aromatic N) is 1. The van der Waals surface area contributed by atoms with Crippen LogP contribution in [0.3, 0.4) is 0 Å². The lowest BCUT2D eigenvalue weighted by molar-refractivity contribution is -0.126. The fraction of sp³-hybridized carbons (Fsp3) is 0.533. The van der Waals surface area contributed by atoms with Crippen molar-refractivity contribution in [3.63, 3.8) is 0 Å². The predicted octanol–water partition coefficient (Wildman–Crippen LogP) is 0.445. The van der Waals surface area contributed by atoms with Crippen LogP contribution in [0.15, 0.2) is 24.5 Å². The van der Waals surface area contributed by atoms with Crippen LogP contribution in [-0.4, -0.2) is 35.9 Å². The first kappa shape index (κ1) is 15.4. The van der Waals surface area contributed by atoms with E-state index in [1.54, 1.807) is 18.3 Å². The number of pyridine rings is 1. The minimum Gasteiger partial charge on any atom is -0.354 e. The van der Waals surface area contributed by atoms with Gasteiger partial charge in [0.05, 0.1) is 5.56 Å². The normalized spacial score (nSPS) is 21.6. The predicted molar refractivity (Wildman–Crippen MR) is 79.5 cm³/mol. The lowest BCUT2D eigenvalue weighted by Gasteiger charge is -2.25. The molecule has 0 saturated heterocycles. The van der Waals surface area contributed by atoms with E-state index in [9.17, 15) is 9.59 Å². The summed E-state index contributed by atoms with van der Waals surface area (Å²) in [5, 5.41) is 5.60. The second-order valence-electron chi connectivity index (χ2n) is 5.41. The molecule has 1 aromatic heterocycles. The summed E-state index contributed by atoms with van der Waals surface area (Å²) in [4.78, 5) is 27.6. The third kappa shape index (κ3) is 4.82. The average Bonchev–Trinajstić information content (AvgIpc) is 2.52. The van der Waals surface area contributed by atoms with Crippen molar-refractivity contribution < 1.29 is 9.59 Å². The van der Waals surface area contributed by atoms with E-state index in [2.05, 4.69) is 15.6 Å². The van der Waals surface area contributed by atoms with Crippen LogP contribution in [0.4, 0.5) is 0 Å². The topological polar surface area (TPSA) is 97.1 Å². The zero-order valence-electron chi connectivity index (χ0n) is 12.0. The first-order chi connectivity index (χ1) is 10.2. The van der Waals surface area contributed by atoms with E-state index in [0.29, 0.717) is 18.7 Å². The fourth-order valence-electron chi connectivity index (χ4n) is 2.57. The molecule has 2 amide bonds. The van der Waals surface area contributed by atoms with Crippen LogP contribution in [0.5, 0.6) is 0 Å². The number of nitrogens with one attached hydrogen (secondary N) is 2. The first-order valence-electron chi connectivity index (χ1n) is 7.38. The molecule has 4 N–H and O–H groups in total. The zero-order valence-corrected chi connectivity index (χ0v) is 12.0. The van der Waals surface area contributed by atoms with Crippen molar-refractivity contribution in [3.05, 3.63) is 30.1 Å². The van der Waals surface area contributed by atoms with Crippen molar-refractivity contribution in [1.29, 1.82) is 0 Å². The minimum absolute atomic E-state index is 0.0165. The van der Waals surface area contributed by atoms with Gasteiger partial charge in [-0.1, -0.05) is 6.42 Å². The Kier molecular flexibility index (Phi) is 5.68. The summed E-state index contributed by atoms with van der Waals surface area (Å²) in [7, 11) is 0. The average molecular weight is 290 g/mol. The molecule has 114 valence electrons. The van der Waals surface area contributed by atoms with E-state index in [4.69, 9.17) is 5.73 Å². The molecule has 1 aliphatic carbocycles. The summed E-state index contributed by atoms with van der Waals surface area (Å²) >= 11 is 0. The van der Waals surface area contributed by atoms with Gasteiger partial charge in [-0.25, -0.2) is 0 Å². The number of rotatable bonds is 5. The molecule has 21 heavy (non-hydrogen) atoms. The van der Waals surface area contributed by atoms with Crippen molar-refractivity contribution >= 4 is 11.8 Å². The third-order valence-corrected chi connectivity index (χ3v) is 3.72. The van der Waals surface area contributed by atoms with Crippen LogP contribution in [-0.2, 0) is 4.79 Å². The van der Waals surface area contributed by atoms with Gasteiger partial charge in [0, 0.05) is 37.4 Å². The lowest BCUT2D eigenvalue weighted by atomic mass is 9.85. The van der Waals surface area contributed by atoms with Gasteiger partial charge in [0.2, 0.25) is 5.91 Å². The van der Waals surface area contributed by atoms with E-state index in [0.717, 1.165) is 25.7 Å². The molecule has 2 rings (SSSR count). The van der Waals surface area contributed by atoms with Gasteiger partial charge < -0.3 is 16.4 Å². The van der Waals surface area contributed by atoms with Crippen LogP contribution in [0.25, 0.3) is 0 Å². The SMILES string of the molecule is NC1CCCC(C(=O)NCCNC(=O)c2cccnc2)C1. The number of carbonyl (C=O) groups is 2. The van der Waals surface area contributed by atoms with E-state index < -0.39 is 0 Å². The highest BCUT2D eigenvalue weighted by Crippen LogP contribution is 2.22. The Morgan fingerprint density at radius 2 is 2.10 bits per heavy atom. The summed E-state index contributed by atoms with van der Waals surface area (Å²) in [5.74, 6) is -0.124. The van der Waals surface area contributed by atoms with E-state index in [1.807, 2.05) is 0 Å². The lowest BCUT2D eigenvalue weighted by Crippen LogP contribution is -2.40. The van der Waals surface area contributed by atoms with Crippen LogP contribution >= 0.6 is 0 Å². The summed E-state index contributed by atoms with van der Waals surface area (Å²) in [5.41, 5.74) is 6.39. The monoisotopic (exact) mass is 290 g/mol. The molecule has 1 fully saturated rings. The molecule has 1 aromatic rings. The van der Waals surface area contributed by atoms with Gasteiger partial charge >= 0.3 is 0 Å². The van der Waals surface area contributed by atoms with Crippen LogP contribution in [0, 0.1) is 5.92 Å². The largest absolute Gasteiger partial charge is 0.354 e. The van der Waals surface area contributed by atoms with E-state index in [-0.39, 0.29) is 23.8 Å². The molecular formula is C15H22N4O2. The first-order valence-corrected chi connectivity index (χ1v) is 7.38. The van der Waals surface area contributed by atoms with Crippen LogP contribution in [0.2, 0.25) is 0 Å². The number of hydrogen-bond donors (Lipinski definition) is 3. The zero-order chi connectivity index (χ0) is 15.1. The molecule has 1 saturated carbocycles. The maximum Gasteiger partial charge on any atom is 0.252 e. The van der Waals surface area contributed by atoms with Crippen molar-refractivity contribution in [1.82, 2.24) is 15.6 Å². The summed E-state index contributed by atoms with van der Waals surface area (Å²) < 4.78 is 0. The molecule has 6 heteroatoms. The van der Waals surface area contributed by atoms with Gasteiger partial charge in [-0.3, -0.25) is 14.6 Å². The maximum atomic E-state index is 12.0. The summed E-state index contributed by atoms with van der Waals surface area (Å²) in [6, 6.07) is 3.55. The van der Waals surface area contributed by atoms with Gasteiger partial charge in [0.1, 0.15) is 0 Å². The second-order valence-corrected chi connectivity index (χ2v) is 5.41. The quantitative estimate of drug-likeness (QED) is 0.686. The molecule has 2 atom stereocenters. The Bertz CT molecular complexity index is 478. The Hall–Kier alpha value is -1.95. The molecule has 0 bridgehead atoms. The molecule has 6 nitrogen and oxygen atoms in total. The Morgan fingerprint density at radius 1 is 1.29 bits per heavy atom. The molecular weight excluding hydrogens is 268 g/mol. The number of hydrogen-bond acceptors (Lipinski definition) is 4. The highest BCUT2D eigenvalue weighted by atomic mass is 16.2. The molecule has 0 spiro atoms. The van der Waals surface area contributed by atoms with Crippen molar-refractivity contribution in [3.8, 4) is 0 Å². The molecule has 0 radical (unpaired) electrons. The van der Waals surface area contributed by atoms with Crippen molar-refractivity contribution in [2.75, 3.05) is 13.1 Å². The van der Waals surface area contributed by atoms with Gasteiger partial charge in [-0.05, 0) is 31.4 Å². The Morgan fingerprint density at radius 3 is 2.81 bits per heavy atom. The summed E-state index contributed by atoms with van der Waals surface area (Å²) in [6.07, 6.45) is 6.81. The highest BCUT2D eigenvalue weighted by molar-refractivity contribution is 5.93. The number of nitrogens with two attached hydrogens (primary N) is 1. The van der Waals surface area contributed by atoms with Gasteiger partial charge in [-0.15, -0.1) is 0 Å². The fourth-order valence-corrected chi connectivity index (χ4v) is 2.57. The maximum absolute atomic E-state index is 12.0. The van der Waals surface area contributed by atoms with Gasteiger partial charge in [0.25, 0.3) is 5.91 Å². The van der Waals surface area contributed by atoms with Crippen LogP contribution in [0.1, 0.15) is 36.0 Å². The van der Waals surface area contributed by atoms with Gasteiger partial charge in [-0.2, -0.15) is 0 Å². The smallest absolute Gasteiger partial charge is 0.252 e. The number of amides is 2. The highest BCUT2D eigenvalue weighted by Gasteiger charge is 2.24. The Labute approximate surface area is 124 Å². The summed E-state index contributed by atoms with van der Waals surface area (Å²) in [6.45, 7) is 0.828. The minimum atomic E-state index is -0.183. The number of aromatic nitrogens is 1. The van der Waals surface area contributed by atoms with E-state index in [1.165, 1.54) is 6.20 Å². The van der Waals surface area contributed by atoms with Crippen LogP contribution < -0.4 is 16.4 Å². The third-order valence-electron chi connectivity index (χ3n) is 3.72. The molecule has 0 aromatic carbocycles. The molecule has 0 aliphatic heterocycles. The van der Waals surface area contributed by atoms with Crippen molar-refractivity contribution in [2.24, 2.45) is 11.7 Å². The number of carbonyl (C=O) groups excluding carboxylic acids is 2. The Balaban J connectivity index is 1.65. The molecule has 1 aliphatic rings. The second kappa shape index (κ2) is 7.73. The standard InChI is InChI=1S/C15H22N4O2/c16-13-5-1-3-11(9-13)14(20)18-7-8-19-15(21)12-4-2-6-17-10-12/h2,4,6,10-11,13H,1,3,5,7-9,16H2,(H,18,20)(H,19,21).